The minimum Gasteiger partial charge on any atom is -0.339 e. The maximum atomic E-state index is 11.3. The molecular weight excluding hydrogens is 256 g/mol. The van der Waals surface area contributed by atoms with E-state index in [-0.39, 0.29) is 10.1 Å². The summed E-state index contributed by atoms with van der Waals surface area (Å²) in [6.07, 6.45) is 0.900. The molecular formula is C5H6N6O5S. The summed E-state index contributed by atoms with van der Waals surface area (Å²) < 4.78 is 0. The minimum absolute atomic E-state index is 0.215. The molecule has 92 valence electrons. The van der Waals surface area contributed by atoms with Gasteiger partial charge < -0.3 is 5.32 Å². The Morgan fingerprint density at radius 3 is 2.59 bits per heavy atom. The molecule has 2 amide bonds. The predicted octanol–water partition coefficient (Wildman–Crippen LogP) is -0.107. The molecule has 1 rings (SSSR count). The number of anilines is 1. The lowest BCUT2D eigenvalue weighted by atomic mass is 10.8. The number of hydrogen-bond acceptors (Lipinski definition) is 7. The van der Waals surface area contributed by atoms with Gasteiger partial charge in [0.05, 0.1) is 4.92 Å². The molecule has 1 aromatic rings. The molecule has 0 aliphatic rings. The Balaban J connectivity index is 2.99. The summed E-state index contributed by atoms with van der Waals surface area (Å²) in [5.74, 6) is 0. The Hall–Kier alpha value is -2.50. The molecule has 0 unspecified atom stereocenters. The fraction of sp³-hybridized carbons (Fsp3) is 0.200. The molecule has 12 heteroatoms. The van der Waals surface area contributed by atoms with Crippen molar-refractivity contribution >= 4 is 27.5 Å². The van der Waals surface area contributed by atoms with Gasteiger partial charge in [-0.2, -0.15) is 0 Å². The lowest BCUT2D eigenvalue weighted by molar-refractivity contribution is -0.544. The second-order valence-electron chi connectivity index (χ2n) is 2.49. The fourth-order valence-corrected chi connectivity index (χ4v) is 1.50. The Morgan fingerprint density at radius 1 is 1.53 bits per heavy atom. The molecule has 0 bridgehead atoms. The number of carbonyl (C=O) groups is 1. The number of aromatic nitrogens is 1. The van der Waals surface area contributed by atoms with Gasteiger partial charge >= 0.3 is 11.0 Å². The van der Waals surface area contributed by atoms with Gasteiger partial charge in [-0.1, -0.05) is 0 Å². The average Bonchev–Trinajstić information content (AvgIpc) is 2.73. The van der Waals surface area contributed by atoms with E-state index in [1.165, 1.54) is 7.05 Å². The first-order chi connectivity index (χ1) is 7.95. The van der Waals surface area contributed by atoms with Gasteiger partial charge in [-0.25, -0.2) is 19.9 Å². The van der Waals surface area contributed by atoms with Crippen molar-refractivity contribution in [2.24, 2.45) is 0 Å². The third kappa shape index (κ3) is 2.97. The SMILES string of the molecule is CNC(=O)N(N[N+](=O)[O-])c1ncc([N+](=O)[O-])s1. The number of rotatable bonds is 4. The highest BCUT2D eigenvalue weighted by Gasteiger charge is 2.24. The van der Waals surface area contributed by atoms with Crippen molar-refractivity contribution < 1.29 is 14.8 Å². The van der Waals surface area contributed by atoms with Crippen LogP contribution in [0.2, 0.25) is 0 Å². The Kier molecular flexibility index (Phi) is 3.71. The number of urea groups is 1. The highest BCUT2D eigenvalue weighted by atomic mass is 32.1. The molecule has 11 nitrogen and oxygen atoms in total. The molecule has 0 aliphatic heterocycles. The number of hydrazine groups is 2. The summed E-state index contributed by atoms with van der Waals surface area (Å²) in [7, 11) is 1.25. The minimum atomic E-state index is -0.984. The third-order valence-electron chi connectivity index (χ3n) is 1.45. The molecule has 1 heterocycles. The van der Waals surface area contributed by atoms with Crippen molar-refractivity contribution in [3.05, 3.63) is 26.4 Å². The Morgan fingerprint density at radius 2 is 2.18 bits per heavy atom. The van der Waals surface area contributed by atoms with Gasteiger partial charge in [0.2, 0.25) is 5.13 Å². The van der Waals surface area contributed by atoms with Crippen molar-refractivity contribution in [2.75, 3.05) is 12.1 Å². The predicted molar refractivity (Wildman–Crippen MR) is 55.8 cm³/mol. The maximum absolute atomic E-state index is 11.3. The van der Waals surface area contributed by atoms with Crippen LogP contribution in [-0.2, 0) is 0 Å². The summed E-state index contributed by atoms with van der Waals surface area (Å²) in [6.45, 7) is 0. The van der Waals surface area contributed by atoms with Crippen molar-refractivity contribution in [2.45, 2.75) is 0 Å². The van der Waals surface area contributed by atoms with Crippen LogP contribution < -0.4 is 15.9 Å². The first kappa shape index (κ1) is 12.6. The van der Waals surface area contributed by atoms with Crippen LogP contribution in [0.25, 0.3) is 0 Å². The van der Waals surface area contributed by atoms with E-state index < -0.39 is 16.0 Å². The lowest BCUT2D eigenvalue weighted by Gasteiger charge is -2.13. The number of amides is 2. The van der Waals surface area contributed by atoms with Crippen molar-refractivity contribution in [1.82, 2.24) is 15.8 Å². The van der Waals surface area contributed by atoms with Crippen molar-refractivity contribution in [3.63, 3.8) is 0 Å². The van der Waals surface area contributed by atoms with E-state index in [2.05, 4.69) is 10.3 Å². The monoisotopic (exact) mass is 262 g/mol. The molecule has 1 aromatic heterocycles. The van der Waals surface area contributed by atoms with Crippen LogP contribution in [0.15, 0.2) is 6.20 Å². The largest absolute Gasteiger partial charge is 0.347 e. The highest BCUT2D eigenvalue weighted by molar-refractivity contribution is 7.18. The van der Waals surface area contributed by atoms with Gasteiger partial charge in [0.25, 0.3) is 0 Å². The van der Waals surface area contributed by atoms with E-state index >= 15 is 0 Å². The summed E-state index contributed by atoms with van der Waals surface area (Å²) in [5, 5.41) is 21.7. The van der Waals surface area contributed by atoms with Gasteiger partial charge in [-0.3, -0.25) is 10.1 Å². The zero-order valence-corrected chi connectivity index (χ0v) is 9.13. The molecule has 0 atom stereocenters. The molecule has 0 aromatic carbocycles. The van der Waals surface area contributed by atoms with Gasteiger partial charge in [0, 0.05) is 7.05 Å². The summed E-state index contributed by atoms with van der Waals surface area (Å²) >= 11 is 0.523. The quantitative estimate of drug-likeness (QED) is 0.569. The zero-order chi connectivity index (χ0) is 13.0. The van der Waals surface area contributed by atoms with E-state index in [9.17, 15) is 25.0 Å². The number of nitrogens with one attached hydrogen (secondary N) is 2. The maximum Gasteiger partial charge on any atom is 0.347 e. The summed E-state index contributed by atoms with van der Waals surface area (Å²) in [4.78, 5) is 34.8. The third-order valence-corrected chi connectivity index (χ3v) is 2.39. The first-order valence-corrected chi connectivity index (χ1v) is 4.80. The van der Waals surface area contributed by atoms with E-state index in [4.69, 9.17) is 0 Å². The topological polar surface area (TPSA) is 144 Å². The van der Waals surface area contributed by atoms with Crippen LogP contribution in [0, 0.1) is 20.2 Å². The van der Waals surface area contributed by atoms with Crippen LogP contribution in [0.3, 0.4) is 0 Å². The van der Waals surface area contributed by atoms with E-state index in [1.807, 2.05) is 0 Å². The van der Waals surface area contributed by atoms with Gasteiger partial charge in [-0.05, 0) is 16.9 Å². The van der Waals surface area contributed by atoms with Gasteiger partial charge in [0.15, 0.2) is 5.03 Å². The van der Waals surface area contributed by atoms with Crippen LogP contribution in [0.4, 0.5) is 14.9 Å². The second-order valence-corrected chi connectivity index (χ2v) is 3.47. The molecule has 0 saturated heterocycles. The number of carbonyl (C=O) groups excluding carboxylic acids is 1. The number of nitro groups is 2. The smallest absolute Gasteiger partial charge is 0.339 e. The second kappa shape index (κ2) is 5.02. The van der Waals surface area contributed by atoms with Crippen LogP contribution in [0.5, 0.6) is 0 Å². The fourth-order valence-electron chi connectivity index (χ4n) is 0.813. The number of thiazole rings is 1. The molecule has 17 heavy (non-hydrogen) atoms. The number of nitrogens with zero attached hydrogens (tertiary/aromatic N) is 4. The van der Waals surface area contributed by atoms with E-state index in [1.54, 1.807) is 5.53 Å². The molecule has 0 fully saturated rings. The molecule has 0 radical (unpaired) electrons. The standard InChI is InChI=1S/C5H6N6O5S/c1-6-4(12)9(8-11(15)16)5-7-2-3(17-5)10(13)14/h2,8H,1H3,(H,6,12). The van der Waals surface area contributed by atoms with Gasteiger partial charge in [-0.15, -0.1) is 5.01 Å². The summed E-state index contributed by atoms with van der Waals surface area (Å²) in [6, 6.07) is -0.869. The first-order valence-electron chi connectivity index (χ1n) is 3.98. The molecule has 0 spiro atoms. The van der Waals surface area contributed by atoms with Crippen LogP contribution >= 0.6 is 11.3 Å². The normalized spacial score (nSPS) is 9.47. The molecule has 0 saturated carbocycles. The molecule has 0 aliphatic carbocycles. The van der Waals surface area contributed by atoms with Crippen molar-refractivity contribution in [3.8, 4) is 0 Å². The van der Waals surface area contributed by atoms with E-state index in [0.29, 0.717) is 16.3 Å². The van der Waals surface area contributed by atoms with Crippen LogP contribution in [0.1, 0.15) is 0 Å². The molecule has 2 N–H and O–H groups in total. The average molecular weight is 262 g/mol. The Labute approximate surface area is 97.3 Å². The van der Waals surface area contributed by atoms with E-state index in [0.717, 1.165) is 6.20 Å². The van der Waals surface area contributed by atoms with Crippen molar-refractivity contribution in [1.29, 1.82) is 0 Å². The summed E-state index contributed by atoms with van der Waals surface area (Å²) in [5.41, 5.74) is 1.57. The highest BCUT2D eigenvalue weighted by Crippen LogP contribution is 2.27. The zero-order valence-electron chi connectivity index (χ0n) is 8.32. The number of hydrogen-bond donors (Lipinski definition) is 2. The lowest BCUT2D eigenvalue weighted by Crippen LogP contribution is -2.50. The van der Waals surface area contributed by atoms with Crippen LogP contribution in [-0.4, -0.2) is 28.0 Å². The Bertz CT molecular complexity index is 459. The van der Waals surface area contributed by atoms with Gasteiger partial charge in [0.1, 0.15) is 6.20 Å².